The number of benzene rings is 2. The Morgan fingerprint density at radius 3 is 1.95 bits per heavy atom. The van der Waals surface area contributed by atoms with E-state index in [0.29, 0.717) is 6.61 Å². The SMILES string of the molecule is CC(N)c1ccc(-c2ccc(OCCN(C)C)cc2)cc1. The van der Waals surface area contributed by atoms with E-state index in [4.69, 9.17) is 10.5 Å². The molecule has 2 aromatic carbocycles. The number of likely N-dealkylation sites (N-methyl/N-ethyl adjacent to an activating group) is 1. The van der Waals surface area contributed by atoms with Crippen LogP contribution in [0, 0.1) is 0 Å². The number of nitrogens with zero attached hydrogens (tertiary/aromatic N) is 1. The fourth-order valence-electron chi connectivity index (χ4n) is 2.07. The Morgan fingerprint density at radius 2 is 1.48 bits per heavy atom. The summed E-state index contributed by atoms with van der Waals surface area (Å²) < 4.78 is 5.70. The van der Waals surface area contributed by atoms with E-state index in [9.17, 15) is 0 Å². The predicted molar refractivity (Wildman–Crippen MR) is 88.5 cm³/mol. The minimum absolute atomic E-state index is 0.0755. The monoisotopic (exact) mass is 284 g/mol. The molecule has 0 aliphatic heterocycles. The van der Waals surface area contributed by atoms with Crippen LogP contribution >= 0.6 is 0 Å². The Hall–Kier alpha value is -1.84. The fraction of sp³-hybridized carbons (Fsp3) is 0.333. The average molecular weight is 284 g/mol. The van der Waals surface area contributed by atoms with Gasteiger partial charge in [0.05, 0.1) is 0 Å². The molecule has 0 aliphatic carbocycles. The van der Waals surface area contributed by atoms with Gasteiger partial charge in [0, 0.05) is 12.6 Å². The Morgan fingerprint density at radius 1 is 0.952 bits per heavy atom. The van der Waals surface area contributed by atoms with Crippen molar-refractivity contribution in [3.63, 3.8) is 0 Å². The summed E-state index contributed by atoms with van der Waals surface area (Å²) >= 11 is 0. The van der Waals surface area contributed by atoms with Crippen molar-refractivity contribution in [1.82, 2.24) is 4.90 Å². The molecule has 0 heterocycles. The zero-order valence-electron chi connectivity index (χ0n) is 13.0. The van der Waals surface area contributed by atoms with E-state index in [1.165, 1.54) is 11.1 Å². The lowest BCUT2D eigenvalue weighted by atomic mass is 10.0. The van der Waals surface area contributed by atoms with Gasteiger partial charge in [-0.2, -0.15) is 0 Å². The second kappa shape index (κ2) is 7.25. The van der Waals surface area contributed by atoms with Crippen molar-refractivity contribution in [2.45, 2.75) is 13.0 Å². The van der Waals surface area contributed by atoms with Crippen LogP contribution in [0.5, 0.6) is 5.75 Å². The first-order chi connectivity index (χ1) is 10.1. The Balaban J connectivity index is 2.01. The minimum atomic E-state index is 0.0755. The van der Waals surface area contributed by atoms with Crippen molar-refractivity contribution in [2.75, 3.05) is 27.2 Å². The molecule has 2 aromatic rings. The lowest BCUT2D eigenvalue weighted by Crippen LogP contribution is -2.19. The van der Waals surface area contributed by atoms with Gasteiger partial charge < -0.3 is 15.4 Å². The van der Waals surface area contributed by atoms with E-state index in [1.54, 1.807) is 0 Å². The fourth-order valence-corrected chi connectivity index (χ4v) is 2.07. The highest BCUT2D eigenvalue weighted by Crippen LogP contribution is 2.23. The molecule has 1 unspecified atom stereocenters. The molecule has 0 aliphatic rings. The molecule has 0 aromatic heterocycles. The van der Waals surface area contributed by atoms with Crippen LogP contribution < -0.4 is 10.5 Å². The lowest BCUT2D eigenvalue weighted by Gasteiger charge is -2.11. The van der Waals surface area contributed by atoms with Gasteiger partial charge >= 0.3 is 0 Å². The largest absolute Gasteiger partial charge is 0.492 e. The number of hydrogen-bond acceptors (Lipinski definition) is 3. The molecule has 112 valence electrons. The Kier molecular flexibility index (Phi) is 5.37. The van der Waals surface area contributed by atoms with E-state index in [1.807, 2.05) is 33.2 Å². The summed E-state index contributed by atoms with van der Waals surface area (Å²) in [6.45, 7) is 3.62. The summed E-state index contributed by atoms with van der Waals surface area (Å²) in [4.78, 5) is 2.11. The van der Waals surface area contributed by atoms with Crippen LogP contribution in [0.1, 0.15) is 18.5 Å². The molecular weight excluding hydrogens is 260 g/mol. The van der Waals surface area contributed by atoms with Crippen molar-refractivity contribution < 1.29 is 4.74 Å². The zero-order chi connectivity index (χ0) is 15.2. The molecule has 1 atom stereocenters. The minimum Gasteiger partial charge on any atom is -0.492 e. The lowest BCUT2D eigenvalue weighted by molar-refractivity contribution is 0.261. The van der Waals surface area contributed by atoms with E-state index in [2.05, 4.69) is 41.3 Å². The van der Waals surface area contributed by atoms with E-state index in [0.717, 1.165) is 17.9 Å². The maximum Gasteiger partial charge on any atom is 0.119 e. The van der Waals surface area contributed by atoms with Crippen molar-refractivity contribution in [3.05, 3.63) is 54.1 Å². The summed E-state index contributed by atoms with van der Waals surface area (Å²) in [7, 11) is 4.08. The van der Waals surface area contributed by atoms with Crippen molar-refractivity contribution >= 4 is 0 Å². The van der Waals surface area contributed by atoms with Gasteiger partial charge in [-0.25, -0.2) is 0 Å². The number of hydrogen-bond donors (Lipinski definition) is 1. The van der Waals surface area contributed by atoms with Crippen molar-refractivity contribution in [1.29, 1.82) is 0 Å². The summed E-state index contributed by atoms with van der Waals surface area (Å²) in [6, 6.07) is 16.7. The predicted octanol–water partition coefficient (Wildman–Crippen LogP) is 3.31. The molecule has 0 saturated heterocycles. The summed E-state index contributed by atoms with van der Waals surface area (Å²) in [5.74, 6) is 0.910. The van der Waals surface area contributed by atoms with Gasteiger partial charge in [0.1, 0.15) is 12.4 Å². The first kappa shape index (κ1) is 15.5. The second-order valence-corrected chi connectivity index (χ2v) is 5.59. The van der Waals surface area contributed by atoms with Crippen LogP contribution in [0.3, 0.4) is 0 Å². The van der Waals surface area contributed by atoms with E-state index >= 15 is 0 Å². The second-order valence-electron chi connectivity index (χ2n) is 5.59. The van der Waals surface area contributed by atoms with Crippen LogP contribution in [0.15, 0.2) is 48.5 Å². The van der Waals surface area contributed by atoms with Gasteiger partial charge in [0.25, 0.3) is 0 Å². The zero-order valence-corrected chi connectivity index (χ0v) is 13.0. The van der Waals surface area contributed by atoms with Gasteiger partial charge in [-0.1, -0.05) is 36.4 Å². The molecule has 0 amide bonds. The molecule has 0 fully saturated rings. The molecule has 0 saturated carbocycles. The number of rotatable bonds is 6. The molecule has 0 radical (unpaired) electrons. The van der Waals surface area contributed by atoms with E-state index < -0.39 is 0 Å². The average Bonchev–Trinajstić information content (AvgIpc) is 2.48. The van der Waals surface area contributed by atoms with Crippen molar-refractivity contribution in [3.8, 4) is 16.9 Å². The van der Waals surface area contributed by atoms with E-state index in [-0.39, 0.29) is 6.04 Å². The highest BCUT2D eigenvalue weighted by atomic mass is 16.5. The topological polar surface area (TPSA) is 38.5 Å². The molecule has 3 heteroatoms. The molecule has 0 spiro atoms. The third-order valence-electron chi connectivity index (χ3n) is 3.43. The normalized spacial score (nSPS) is 12.4. The smallest absolute Gasteiger partial charge is 0.119 e. The quantitative estimate of drug-likeness (QED) is 0.884. The first-order valence-corrected chi connectivity index (χ1v) is 7.30. The van der Waals surface area contributed by atoms with Crippen LogP contribution in [0.2, 0.25) is 0 Å². The van der Waals surface area contributed by atoms with Crippen LogP contribution in [0.4, 0.5) is 0 Å². The third kappa shape index (κ3) is 4.59. The van der Waals surface area contributed by atoms with Gasteiger partial charge in [-0.05, 0) is 49.8 Å². The molecule has 3 nitrogen and oxygen atoms in total. The summed E-state index contributed by atoms with van der Waals surface area (Å²) in [6.07, 6.45) is 0. The standard InChI is InChI=1S/C18H24N2O/c1-14(19)15-4-6-16(7-5-15)17-8-10-18(11-9-17)21-13-12-20(2)3/h4-11,14H,12-13,19H2,1-3H3. The van der Waals surface area contributed by atoms with Gasteiger partial charge in [-0.15, -0.1) is 0 Å². The number of ether oxygens (including phenoxy) is 1. The van der Waals surface area contributed by atoms with Gasteiger partial charge in [0.2, 0.25) is 0 Å². The molecule has 0 bridgehead atoms. The van der Waals surface area contributed by atoms with Gasteiger partial charge in [0.15, 0.2) is 0 Å². The van der Waals surface area contributed by atoms with Crippen LogP contribution in [0.25, 0.3) is 11.1 Å². The maximum atomic E-state index is 5.87. The maximum absolute atomic E-state index is 5.87. The van der Waals surface area contributed by atoms with Gasteiger partial charge in [-0.3, -0.25) is 0 Å². The van der Waals surface area contributed by atoms with Crippen LogP contribution in [-0.2, 0) is 0 Å². The summed E-state index contributed by atoms with van der Waals surface area (Å²) in [5, 5.41) is 0. The Bertz CT molecular complexity index is 544. The highest BCUT2D eigenvalue weighted by Gasteiger charge is 2.02. The highest BCUT2D eigenvalue weighted by molar-refractivity contribution is 5.64. The molecule has 2 N–H and O–H groups in total. The summed E-state index contributed by atoms with van der Waals surface area (Å²) in [5.41, 5.74) is 9.41. The molecule has 2 rings (SSSR count). The first-order valence-electron chi connectivity index (χ1n) is 7.30. The van der Waals surface area contributed by atoms with Crippen LogP contribution in [-0.4, -0.2) is 32.1 Å². The third-order valence-corrected chi connectivity index (χ3v) is 3.43. The number of nitrogens with two attached hydrogens (primary N) is 1. The molecular formula is C18H24N2O. The van der Waals surface area contributed by atoms with Crippen molar-refractivity contribution in [2.24, 2.45) is 5.73 Å². The Labute approximate surface area is 127 Å². The molecule has 21 heavy (non-hydrogen) atoms.